The van der Waals surface area contributed by atoms with Gasteiger partial charge in [0.25, 0.3) is 11.8 Å². The molecular formula is C23H17FN2O2S. The molecule has 0 fully saturated rings. The van der Waals surface area contributed by atoms with E-state index in [1.54, 1.807) is 60.7 Å². The van der Waals surface area contributed by atoms with E-state index in [1.807, 2.05) is 13.0 Å². The minimum atomic E-state index is -0.348. The summed E-state index contributed by atoms with van der Waals surface area (Å²) in [5, 5.41) is 6.16. The molecule has 1 aromatic heterocycles. The van der Waals surface area contributed by atoms with Gasteiger partial charge in [-0.05, 0) is 55.0 Å². The number of hydrogen-bond acceptors (Lipinski definition) is 3. The summed E-state index contributed by atoms with van der Waals surface area (Å²) in [6.45, 7) is 1.82. The number of fused-ring (bicyclic) bond motifs is 1. The first-order valence-electron chi connectivity index (χ1n) is 8.98. The molecule has 4 aromatic rings. The maximum absolute atomic E-state index is 13.9. The van der Waals surface area contributed by atoms with Crippen molar-refractivity contribution in [1.29, 1.82) is 0 Å². The normalized spacial score (nSPS) is 10.7. The molecule has 1 heterocycles. The van der Waals surface area contributed by atoms with Gasteiger partial charge in [-0.2, -0.15) is 0 Å². The summed E-state index contributed by atoms with van der Waals surface area (Å²) in [7, 11) is 0. The fourth-order valence-electron chi connectivity index (χ4n) is 3.01. The monoisotopic (exact) mass is 404 g/mol. The van der Waals surface area contributed by atoms with Crippen LogP contribution in [0, 0.1) is 12.7 Å². The maximum Gasteiger partial charge on any atom is 0.265 e. The van der Waals surface area contributed by atoms with E-state index in [1.165, 1.54) is 17.4 Å². The lowest BCUT2D eigenvalue weighted by atomic mass is 10.1. The first-order chi connectivity index (χ1) is 14.0. The third-order valence-corrected chi connectivity index (χ3v) is 5.70. The number of benzene rings is 3. The van der Waals surface area contributed by atoms with Gasteiger partial charge in [-0.15, -0.1) is 11.3 Å². The molecule has 0 atom stereocenters. The second kappa shape index (κ2) is 7.85. The third-order valence-electron chi connectivity index (χ3n) is 4.60. The Labute approximate surface area is 171 Å². The van der Waals surface area contributed by atoms with Crippen molar-refractivity contribution in [1.82, 2.24) is 0 Å². The molecule has 6 heteroatoms. The van der Waals surface area contributed by atoms with Crippen LogP contribution in [-0.4, -0.2) is 11.8 Å². The highest BCUT2D eigenvalue weighted by Gasteiger charge is 2.15. The molecule has 0 unspecified atom stereocenters. The van der Waals surface area contributed by atoms with Gasteiger partial charge in [-0.1, -0.05) is 30.3 Å². The highest BCUT2D eigenvalue weighted by atomic mass is 32.1. The molecule has 3 aromatic carbocycles. The largest absolute Gasteiger partial charge is 0.322 e. The Hall–Kier alpha value is -3.51. The van der Waals surface area contributed by atoms with Crippen molar-refractivity contribution in [2.75, 3.05) is 10.6 Å². The summed E-state index contributed by atoms with van der Waals surface area (Å²) in [5.74, 6) is -0.892. The van der Waals surface area contributed by atoms with Gasteiger partial charge >= 0.3 is 0 Å². The highest BCUT2D eigenvalue weighted by Crippen LogP contribution is 2.29. The van der Waals surface area contributed by atoms with E-state index in [2.05, 4.69) is 10.6 Å². The highest BCUT2D eigenvalue weighted by molar-refractivity contribution is 7.20. The predicted molar refractivity (Wildman–Crippen MR) is 115 cm³/mol. The summed E-state index contributed by atoms with van der Waals surface area (Å²) < 4.78 is 14.6. The molecule has 0 bridgehead atoms. The first-order valence-corrected chi connectivity index (χ1v) is 9.80. The summed E-state index contributed by atoms with van der Waals surface area (Å²) in [5.41, 5.74) is 2.48. The molecule has 0 saturated carbocycles. The average molecular weight is 404 g/mol. The van der Waals surface area contributed by atoms with Crippen LogP contribution in [-0.2, 0) is 0 Å². The molecule has 0 aliphatic rings. The predicted octanol–water partition coefficient (Wildman–Crippen LogP) is 5.85. The average Bonchev–Trinajstić information content (AvgIpc) is 3.17. The smallest absolute Gasteiger partial charge is 0.265 e. The molecule has 29 heavy (non-hydrogen) atoms. The van der Waals surface area contributed by atoms with E-state index in [0.29, 0.717) is 27.2 Å². The Bertz CT molecular complexity index is 1220. The Balaban J connectivity index is 1.56. The van der Waals surface area contributed by atoms with E-state index in [9.17, 15) is 14.0 Å². The lowest BCUT2D eigenvalue weighted by Crippen LogP contribution is -2.15. The number of amides is 2. The molecule has 0 aliphatic heterocycles. The minimum Gasteiger partial charge on any atom is -0.322 e. The number of hydrogen-bond donors (Lipinski definition) is 2. The van der Waals surface area contributed by atoms with Crippen molar-refractivity contribution in [3.63, 3.8) is 0 Å². The second-order valence-electron chi connectivity index (χ2n) is 6.51. The Morgan fingerprint density at radius 2 is 1.48 bits per heavy atom. The van der Waals surface area contributed by atoms with Gasteiger partial charge in [0.05, 0.1) is 4.88 Å². The topological polar surface area (TPSA) is 58.2 Å². The van der Waals surface area contributed by atoms with Crippen LogP contribution < -0.4 is 10.6 Å². The molecule has 2 N–H and O–H groups in total. The Morgan fingerprint density at radius 1 is 0.828 bits per heavy atom. The van der Waals surface area contributed by atoms with Gasteiger partial charge in [0, 0.05) is 27.0 Å². The van der Waals surface area contributed by atoms with Gasteiger partial charge < -0.3 is 10.6 Å². The number of anilines is 2. The van der Waals surface area contributed by atoms with Crippen LogP contribution in [0.15, 0.2) is 72.8 Å². The molecule has 4 nitrogen and oxygen atoms in total. The zero-order chi connectivity index (χ0) is 20.4. The molecule has 2 amide bonds. The fourth-order valence-corrected chi connectivity index (χ4v) is 3.98. The number of carbonyl (C=O) groups is 2. The lowest BCUT2D eigenvalue weighted by Gasteiger charge is -2.13. The Kier molecular flexibility index (Phi) is 5.10. The summed E-state index contributed by atoms with van der Waals surface area (Å²) >= 11 is 1.23. The number of thiophene rings is 1. The quantitative estimate of drug-likeness (QED) is 0.448. The van der Waals surface area contributed by atoms with E-state index in [4.69, 9.17) is 0 Å². The zero-order valence-corrected chi connectivity index (χ0v) is 16.3. The SMILES string of the molecule is Cc1c(NC(=O)c2ccccc2)cccc1NC(=O)c1cc2c(F)cccc2s1. The van der Waals surface area contributed by atoms with Crippen molar-refractivity contribution < 1.29 is 14.0 Å². The van der Waals surface area contributed by atoms with E-state index in [-0.39, 0.29) is 17.6 Å². The molecule has 144 valence electrons. The third kappa shape index (κ3) is 3.88. The van der Waals surface area contributed by atoms with Gasteiger partial charge in [0.2, 0.25) is 0 Å². The molecule has 4 rings (SSSR count). The number of halogens is 1. The molecule has 0 spiro atoms. The van der Waals surface area contributed by atoms with Crippen molar-refractivity contribution in [3.05, 3.63) is 94.6 Å². The van der Waals surface area contributed by atoms with Crippen molar-refractivity contribution >= 4 is 44.6 Å². The summed E-state index contributed by atoms with van der Waals surface area (Å²) in [6.07, 6.45) is 0. The first kappa shape index (κ1) is 18.8. The number of nitrogens with one attached hydrogen (secondary N) is 2. The molecular weight excluding hydrogens is 387 g/mol. The van der Waals surface area contributed by atoms with Gasteiger partial charge in [-0.3, -0.25) is 9.59 Å². The molecule has 0 saturated heterocycles. The lowest BCUT2D eigenvalue weighted by molar-refractivity contribution is 0.102. The van der Waals surface area contributed by atoms with Crippen LogP contribution in [0.5, 0.6) is 0 Å². The van der Waals surface area contributed by atoms with Crippen LogP contribution >= 0.6 is 11.3 Å². The summed E-state index contributed by atoms with van der Waals surface area (Å²) in [4.78, 5) is 25.5. The van der Waals surface area contributed by atoms with Crippen LogP contribution in [0.3, 0.4) is 0 Å². The molecule has 0 aliphatic carbocycles. The van der Waals surface area contributed by atoms with Crippen molar-refractivity contribution in [2.24, 2.45) is 0 Å². The van der Waals surface area contributed by atoms with Crippen LogP contribution in [0.4, 0.5) is 15.8 Å². The van der Waals surface area contributed by atoms with Crippen LogP contribution in [0.1, 0.15) is 25.6 Å². The molecule has 0 radical (unpaired) electrons. The van der Waals surface area contributed by atoms with Gasteiger partial charge in [-0.25, -0.2) is 4.39 Å². The van der Waals surface area contributed by atoms with E-state index in [0.717, 1.165) is 10.3 Å². The zero-order valence-electron chi connectivity index (χ0n) is 15.5. The van der Waals surface area contributed by atoms with E-state index >= 15 is 0 Å². The minimum absolute atomic E-state index is 0.225. The number of carbonyl (C=O) groups excluding carboxylic acids is 2. The van der Waals surface area contributed by atoms with Gasteiger partial charge in [0.1, 0.15) is 5.82 Å². The van der Waals surface area contributed by atoms with Crippen molar-refractivity contribution in [2.45, 2.75) is 6.92 Å². The van der Waals surface area contributed by atoms with Gasteiger partial charge in [0.15, 0.2) is 0 Å². The van der Waals surface area contributed by atoms with Crippen LogP contribution in [0.25, 0.3) is 10.1 Å². The van der Waals surface area contributed by atoms with Crippen LogP contribution in [0.2, 0.25) is 0 Å². The van der Waals surface area contributed by atoms with E-state index < -0.39 is 0 Å². The van der Waals surface area contributed by atoms with Crippen molar-refractivity contribution in [3.8, 4) is 0 Å². The summed E-state index contributed by atoms with van der Waals surface area (Å²) in [6, 6.07) is 20.5. The fraction of sp³-hybridized carbons (Fsp3) is 0.0435. The second-order valence-corrected chi connectivity index (χ2v) is 7.60. The standard InChI is InChI=1S/C23H17FN2O2S/c1-14-18(25-22(27)15-7-3-2-4-8-15)10-6-11-19(14)26-23(28)21-13-16-17(24)9-5-12-20(16)29-21/h2-13H,1H3,(H,25,27)(H,26,28). The number of rotatable bonds is 4. The maximum atomic E-state index is 13.9. The Morgan fingerprint density at radius 3 is 2.17 bits per heavy atom.